The summed E-state index contributed by atoms with van der Waals surface area (Å²) in [6.45, 7) is 4.26. The Hall–Kier alpha value is -2.30. The van der Waals surface area contributed by atoms with Crippen LogP contribution in [0.3, 0.4) is 0 Å². The van der Waals surface area contributed by atoms with Gasteiger partial charge in [0.05, 0.1) is 0 Å². The van der Waals surface area contributed by atoms with E-state index in [0.29, 0.717) is 6.54 Å². The first-order chi connectivity index (χ1) is 9.74. The standard InChI is InChI=1S/C15H18N4O/c1-11-16-6-8-19(11)9-7-18-15(20)13-2-3-14-12(10-13)4-5-17-14/h2-3,6,8,10,17H,4-5,7,9H2,1H3,(H,18,20). The third kappa shape index (κ3) is 2.52. The molecule has 2 N–H and O–H groups in total. The number of imidazole rings is 1. The van der Waals surface area contributed by atoms with Gasteiger partial charge in [-0.05, 0) is 37.1 Å². The first kappa shape index (κ1) is 12.7. The summed E-state index contributed by atoms with van der Waals surface area (Å²) in [5, 5.41) is 6.24. The second kappa shape index (κ2) is 5.36. The molecule has 0 fully saturated rings. The van der Waals surface area contributed by atoms with E-state index in [9.17, 15) is 4.79 Å². The molecule has 1 aliphatic rings. The van der Waals surface area contributed by atoms with Crippen LogP contribution in [-0.4, -0.2) is 28.5 Å². The van der Waals surface area contributed by atoms with Crippen LogP contribution in [0.15, 0.2) is 30.6 Å². The Morgan fingerprint density at radius 3 is 3.20 bits per heavy atom. The van der Waals surface area contributed by atoms with Crippen LogP contribution in [-0.2, 0) is 13.0 Å². The number of nitrogens with zero attached hydrogens (tertiary/aromatic N) is 2. The van der Waals surface area contributed by atoms with Gasteiger partial charge in [-0.2, -0.15) is 0 Å². The number of hydrogen-bond acceptors (Lipinski definition) is 3. The van der Waals surface area contributed by atoms with Crippen LogP contribution in [0.1, 0.15) is 21.7 Å². The Bertz CT molecular complexity index is 633. The average molecular weight is 270 g/mol. The van der Waals surface area contributed by atoms with Crippen molar-refractivity contribution in [2.75, 3.05) is 18.4 Å². The van der Waals surface area contributed by atoms with E-state index < -0.39 is 0 Å². The molecule has 1 aromatic heterocycles. The maximum Gasteiger partial charge on any atom is 0.251 e. The number of hydrogen-bond donors (Lipinski definition) is 2. The fourth-order valence-corrected chi connectivity index (χ4v) is 2.48. The minimum Gasteiger partial charge on any atom is -0.384 e. The third-order valence-electron chi connectivity index (χ3n) is 3.64. The lowest BCUT2D eigenvalue weighted by atomic mass is 10.1. The lowest BCUT2D eigenvalue weighted by Crippen LogP contribution is -2.27. The number of aromatic nitrogens is 2. The van der Waals surface area contributed by atoms with Gasteiger partial charge >= 0.3 is 0 Å². The molecule has 0 aliphatic carbocycles. The Labute approximate surface area is 118 Å². The molecule has 1 amide bonds. The predicted octanol–water partition coefficient (Wildman–Crippen LogP) is 1.59. The Balaban J connectivity index is 1.58. The molecule has 3 rings (SSSR count). The molecule has 0 unspecified atom stereocenters. The molecule has 0 bridgehead atoms. The molecule has 5 heteroatoms. The molecule has 104 valence electrons. The lowest BCUT2D eigenvalue weighted by molar-refractivity contribution is 0.0952. The third-order valence-corrected chi connectivity index (χ3v) is 3.64. The quantitative estimate of drug-likeness (QED) is 0.887. The highest BCUT2D eigenvalue weighted by Crippen LogP contribution is 2.22. The molecular formula is C15H18N4O. The van der Waals surface area contributed by atoms with Crippen molar-refractivity contribution in [2.24, 2.45) is 0 Å². The molecule has 2 heterocycles. The van der Waals surface area contributed by atoms with Crippen LogP contribution in [0.5, 0.6) is 0 Å². The number of nitrogens with one attached hydrogen (secondary N) is 2. The SMILES string of the molecule is Cc1nccn1CCNC(=O)c1ccc2c(c1)CCN2. The molecular weight excluding hydrogens is 252 g/mol. The molecule has 0 radical (unpaired) electrons. The van der Waals surface area contributed by atoms with E-state index in [-0.39, 0.29) is 5.91 Å². The number of anilines is 1. The van der Waals surface area contributed by atoms with Gasteiger partial charge in [0, 0.05) is 43.3 Å². The summed E-state index contributed by atoms with van der Waals surface area (Å²) in [4.78, 5) is 16.3. The number of benzene rings is 1. The van der Waals surface area contributed by atoms with E-state index in [1.807, 2.05) is 35.9 Å². The van der Waals surface area contributed by atoms with E-state index in [1.165, 1.54) is 5.56 Å². The van der Waals surface area contributed by atoms with Crippen molar-refractivity contribution in [3.63, 3.8) is 0 Å². The number of carbonyl (C=O) groups is 1. The van der Waals surface area contributed by atoms with E-state index in [2.05, 4.69) is 15.6 Å². The van der Waals surface area contributed by atoms with Gasteiger partial charge in [0.2, 0.25) is 0 Å². The highest BCUT2D eigenvalue weighted by atomic mass is 16.1. The Morgan fingerprint density at radius 2 is 2.40 bits per heavy atom. The molecule has 1 aliphatic heterocycles. The summed E-state index contributed by atoms with van der Waals surface area (Å²) in [7, 11) is 0. The van der Waals surface area contributed by atoms with Gasteiger partial charge in [-0.3, -0.25) is 4.79 Å². The van der Waals surface area contributed by atoms with E-state index in [4.69, 9.17) is 0 Å². The summed E-state index contributed by atoms with van der Waals surface area (Å²) in [5.74, 6) is 0.945. The molecule has 0 saturated carbocycles. The zero-order valence-electron chi connectivity index (χ0n) is 11.5. The number of aryl methyl sites for hydroxylation is 1. The van der Waals surface area contributed by atoms with Crippen molar-refractivity contribution >= 4 is 11.6 Å². The normalized spacial score (nSPS) is 12.8. The summed E-state index contributed by atoms with van der Waals surface area (Å²) < 4.78 is 2.02. The summed E-state index contributed by atoms with van der Waals surface area (Å²) >= 11 is 0. The maximum absolute atomic E-state index is 12.1. The Kier molecular flexibility index (Phi) is 3.41. The van der Waals surface area contributed by atoms with Gasteiger partial charge in [0.1, 0.15) is 5.82 Å². The molecule has 20 heavy (non-hydrogen) atoms. The van der Waals surface area contributed by atoms with Crippen molar-refractivity contribution in [2.45, 2.75) is 19.9 Å². The van der Waals surface area contributed by atoms with Gasteiger partial charge in [-0.25, -0.2) is 4.98 Å². The van der Waals surface area contributed by atoms with E-state index in [0.717, 1.165) is 36.6 Å². The highest BCUT2D eigenvalue weighted by Gasteiger charge is 2.13. The number of amides is 1. The zero-order chi connectivity index (χ0) is 13.9. The summed E-state index contributed by atoms with van der Waals surface area (Å²) in [6.07, 6.45) is 4.68. The van der Waals surface area contributed by atoms with Crippen LogP contribution in [0.25, 0.3) is 0 Å². The average Bonchev–Trinajstić information content (AvgIpc) is 3.07. The molecule has 5 nitrogen and oxygen atoms in total. The van der Waals surface area contributed by atoms with Gasteiger partial charge in [-0.15, -0.1) is 0 Å². The van der Waals surface area contributed by atoms with Crippen molar-refractivity contribution in [1.29, 1.82) is 0 Å². The zero-order valence-corrected chi connectivity index (χ0v) is 11.5. The van der Waals surface area contributed by atoms with Gasteiger partial charge in [0.15, 0.2) is 0 Å². The van der Waals surface area contributed by atoms with Crippen LogP contribution in [0, 0.1) is 6.92 Å². The largest absolute Gasteiger partial charge is 0.384 e. The highest BCUT2D eigenvalue weighted by molar-refractivity contribution is 5.95. The van der Waals surface area contributed by atoms with Gasteiger partial charge in [-0.1, -0.05) is 0 Å². The molecule has 0 saturated heterocycles. The van der Waals surface area contributed by atoms with Crippen molar-refractivity contribution in [3.8, 4) is 0 Å². The summed E-state index contributed by atoms with van der Waals surface area (Å²) in [5.41, 5.74) is 3.11. The lowest BCUT2D eigenvalue weighted by Gasteiger charge is -2.08. The van der Waals surface area contributed by atoms with E-state index >= 15 is 0 Å². The second-order valence-electron chi connectivity index (χ2n) is 4.97. The van der Waals surface area contributed by atoms with Gasteiger partial charge in [0.25, 0.3) is 5.91 Å². The fraction of sp³-hybridized carbons (Fsp3) is 0.333. The Morgan fingerprint density at radius 1 is 1.50 bits per heavy atom. The second-order valence-corrected chi connectivity index (χ2v) is 4.97. The number of fused-ring (bicyclic) bond motifs is 1. The number of rotatable bonds is 4. The molecule has 0 spiro atoms. The minimum atomic E-state index is -0.0162. The fourth-order valence-electron chi connectivity index (χ4n) is 2.48. The van der Waals surface area contributed by atoms with E-state index in [1.54, 1.807) is 6.20 Å². The molecule has 0 atom stereocenters. The van der Waals surface area contributed by atoms with Crippen LogP contribution >= 0.6 is 0 Å². The van der Waals surface area contributed by atoms with Crippen molar-refractivity contribution < 1.29 is 4.79 Å². The first-order valence-electron chi connectivity index (χ1n) is 6.87. The topological polar surface area (TPSA) is 59.0 Å². The van der Waals surface area contributed by atoms with Crippen LogP contribution in [0.2, 0.25) is 0 Å². The number of carbonyl (C=O) groups excluding carboxylic acids is 1. The first-order valence-corrected chi connectivity index (χ1v) is 6.87. The predicted molar refractivity (Wildman–Crippen MR) is 77.9 cm³/mol. The van der Waals surface area contributed by atoms with Crippen LogP contribution < -0.4 is 10.6 Å². The summed E-state index contributed by atoms with van der Waals surface area (Å²) in [6, 6.07) is 5.83. The monoisotopic (exact) mass is 270 g/mol. The van der Waals surface area contributed by atoms with Gasteiger partial charge < -0.3 is 15.2 Å². The van der Waals surface area contributed by atoms with Crippen LogP contribution in [0.4, 0.5) is 5.69 Å². The molecule has 2 aromatic rings. The minimum absolute atomic E-state index is 0.0162. The smallest absolute Gasteiger partial charge is 0.251 e. The van der Waals surface area contributed by atoms with Crippen molar-refractivity contribution in [1.82, 2.24) is 14.9 Å². The van der Waals surface area contributed by atoms with Crippen molar-refractivity contribution in [3.05, 3.63) is 47.5 Å². The maximum atomic E-state index is 12.1. The molecule has 1 aromatic carbocycles.